The van der Waals surface area contributed by atoms with E-state index < -0.39 is 0 Å². The summed E-state index contributed by atoms with van der Waals surface area (Å²) in [6, 6.07) is 20.6. The Labute approximate surface area is 190 Å². The van der Waals surface area contributed by atoms with Gasteiger partial charge in [-0.2, -0.15) is 0 Å². The van der Waals surface area contributed by atoms with Crippen molar-refractivity contribution in [1.29, 1.82) is 0 Å². The lowest BCUT2D eigenvalue weighted by Crippen LogP contribution is -2.26. The van der Waals surface area contributed by atoms with Gasteiger partial charge in [0.2, 0.25) is 0 Å². The maximum absolute atomic E-state index is 12.4. The first-order chi connectivity index (χ1) is 15.0. The van der Waals surface area contributed by atoms with E-state index in [1.54, 1.807) is 37.4 Å². The number of nitrogens with one attached hydrogen (secondary N) is 1. The molecule has 1 aromatic heterocycles. The van der Waals surface area contributed by atoms with Crippen molar-refractivity contribution >= 4 is 40.1 Å². The maximum Gasteiger partial charge on any atom is 0.251 e. The predicted octanol–water partition coefficient (Wildman–Crippen LogP) is 5.37. The molecule has 4 rings (SSSR count). The van der Waals surface area contributed by atoms with Gasteiger partial charge in [-0.15, -0.1) is 0 Å². The van der Waals surface area contributed by atoms with Crippen LogP contribution in [0.4, 0.5) is 0 Å². The van der Waals surface area contributed by atoms with Gasteiger partial charge in [0, 0.05) is 25.1 Å². The average molecular weight is 454 g/mol. The largest absolute Gasteiger partial charge is 0.497 e. The molecule has 31 heavy (non-hydrogen) atoms. The Morgan fingerprint density at radius 2 is 1.81 bits per heavy atom. The summed E-state index contributed by atoms with van der Waals surface area (Å²) in [5, 5.41) is 4.02. The lowest BCUT2D eigenvalue weighted by molar-refractivity contribution is 0.0954. The van der Waals surface area contributed by atoms with Gasteiger partial charge in [-0.3, -0.25) is 4.79 Å². The number of methoxy groups -OCH3 is 1. The minimum Gasteiger partial charge on any atom is -0.497 e. The van der Waals surface area contributed by atoms with Crippen LogP contribution in [0.15, 0.2) is 66.7 Å². The summed E-state index contributed by atoms with van der Waals surface area (Å²) >= 11 is 12.3. The van der Waals surface area contributed by atoms with Gasteiger partial charge >= 0.3 is 0 Å². The number of halogens is 2. The normalized spacial score (nSPS) is 10.9. The third-order valence-corrected chi connectivity index (χ3v) is 5.78. The first-order valence-corrected chi connectivity index (χ1v) is 10.6. The molecule has 0 spiro atoms. The van der Waals surface area contributed by atoms with Crippen LogP contribution in [-0.2, 0) is 13.0 Å². The van der Waals surface area contributed by atoms with Crippen LogP contribution in [-0.4, -0.2) is 29.1 Å². The average Bonchev–Trinajstić information content (AvgIpc) is 3.13. The Kier molecular flexibility index (Phi) is 6.44. The van der Waals surface area contributed by atoms with E-state index in [0.717, 1.165) is 22.4 Å². The van der Waals surface area contributed by atoms with Gasteiger partial charge in [-0.05, 0) is 54.1 Å². The molecule has 4 aromatic rings. The lowest BCUT2D eigenvalue weighted by Gasteiger charge is -2.11. The van der Waals surface area contributed by atoms with Crippen LogP contribution < -0.4 is 10.1 Å². The van der Waals surface area contributed by atoms with Crippen LogP contribution in [0, 0.1) is 0 Å². The third kappa shape index (κ3) is 4.84. The Bertz CT molecular complexity index is 1220. The molecular weight excluding hydrogens is 433 g/mol. The number of ether oxygens (including phenoxy) is 1. The van der Waals surface area contributed by atoms with Crippen molar-refractivity contribution in [2.24, 2.45) is 0 Å². The molecule has 0 atom stereocenters. The standard InChI is InChI=1S/C24H21Cl2N3O2/c1-31-18-9-7-17(8-10-18)24(30)27-13-12-23-28-21-4-2-3-5-22(21)29(23)15-16-6-11-19(25)20(26)14-16/h2-11,14H,12-13,15H2,1H3,(H,27,30). The van der Waals surface area contributed by atoms with Crippen LogP contribution in [0.3, 0.4) is 0 Å². The second-order valence-corrected chi connectivity index (χ2v) is 7.90. The number of carbonyl (C=O) groups is 1. The number of aromatic nitrogens is 2. The SMILES string of the molecule is COc1ccc(C(=O)NCCc2nc3ccccc3n2Cc2ccc(Cl)c(Cl)c2)cc1. The minimum absolute atomic E-state index is 0.130. The van der Waals surface area contributed by atoms with Crippen molar-refractivity contribution in [2.45, 2.75) is 13.0 Å². The van der Waals surface area contributed by atoms with Crippen molar-refractivity contribution in [3.8, 4) is 5.75 Å². The van der Waals surface area contributed by atoms with Crippen molar-refractivity contribution in [2.75, 3.05) is 13.7 Å². The second-order valence-electron chi connectivity index (χ2n) is 7.09. The number of para-hydroxylation sites is 2. The highest BCUT2D eigenvalue weighted by molar-refractivity contribution is 6.42. The van der Waals surface area contributed by atoms with Gasteiger partial charge in [-0.25, -0.2) is 4.98 Å². The van der Waals surface area contributed by atoms with E-state index >= 15 is 0 Å². The molecule has 0 bridgehead atoms. The number of fused-ring (bicyclic) bond motifs is 1. The number of hydrogen-bond donors (Lipinski definition) is 1. The molecule has 0 aliphatic heterocycles. The predicted molar refractivity (Wildman–Crippen MR) is 124 cm³/mol. The van der Waals surface area contributed by atoms with Crippen molar-refractivity contribution in [1.82, 2.24) is 14.9 Å². The molecule has 158 valence electrons. The van der Waals surface area contributed by atoms with E-state index in [0.29, 0.717) is 40.9 Å². The van der Waals surface area contributed by atoms with Crippen LogP contribution in [0.2, 0.25) is 10.0 Å². The summed E-state index contributed by atoms with van der Waals surface area (Å²) in [4.78, 5) is 17.2. The quantitative estimate of drug-likeness (QED) is 0.408. The smallest absolute Gasteiger partial charge is 0.251 e. The van der Waals surface area contributed by atoms with E-state index in [2.05, 4.69) is 9.88 Å². The molecule has 1 heterocycles. The van der Waals surface area contributed by atoms with Gasteiger partial charge in [0.15, 0.2) is 0 Å². The Morgan fingerprint density at radius 1 is 1.03 bits per heavy atom. The molecule has 0 unspecified atom stereocenters. The molecule has 7 heteroatoms. The Balaban J connectivity index is 1.51. The number of imidazole rings is 1. The summed E-state index contributed by atoms with van der Waals surface area (Å²) in [6.07, 6.45) is 0.595. The van der Waals surface area contributed by atoms with Gasteiger partial charge < -0.3 is 14.6 Å². The van der Waals surface area contributed by atoms with E-state index in [9.17, 15) is 4.79 Å². The van der Waals surface area contributed by atoms with Crippen LogP contribution in [0.25, 0.3) is 11.0 Å². The van der Waals surface area contributed by atoms with E-state index in [1.807, 2.05) is 36.4 Å². The minimum atomic E-state index is -0.130. The molecule has 0 saturated carbocycles. The summed E-state index contributed by atoms with van der Waals surface area (Å²) in [5.41, 5.74) is 3.57. The number of rotatable bonds is 7. The molecule has 0 fully saturated rings. The van der Waals surface area contributed by atoms with Crippen molar-refractivity contribution < 1.29 is 9.53 Å². The monoisotopic (exact) mass is 453 g/mol. The van der Waals surface area contributed by atoms with Crippen LogP contribution in [0.1, 0.15) is 21.7 Å². The number of hydrogen-bond acceptors (Lipinski definition) is 3. The Morgan fingerprint density at radius 3 is 2.55 bits per heavy atom. The van der Waals surface area contributed by atoms with Crippen molar-refractivity contribution in [3.63, 3.8) is 0 Å². The van der Waals surface area contributed by atoms with Gasteiger partial charge in [0.1, 0.15) is 11.6 Å². The zero-order valence-electron chi connectivity index (χ0n) is 16.9. The molecule has 0 radical (unpaired) electrons. The van der Waals surface area contributed by atoms with Crippen LogP contribution in [0.5, 0.6) is 5.75 Å². The van der Waals surface area contributed by atoms with E-state index in [-0.39, 0.29) is 5.91 Å². The number of nitrogens with zero attached hydrogens (tertiary/aromatic N) is 2. The fourth-order valence-electron chi connectivity index (χ4n) is 3.45. The summed E-state index contributed by atoms with van der Waals surface area (Å²) in [5.74, 6) is 1.48. The highest BCUT2D eigenvalue weighted by Crippen LogP contribution is 2.25. The van der Waals surface area contributed by atoms with Crippen LogP contribution >= 0.6 is 23.2 Å². The number of amides is 1. The van der Waals surface area contributed by atoms with Gasteiger partial charge in [0.05, 0.1) is 28.2 Å². The molecule has 0 aliphatic rings. The molecule has 0 saturated heterocycles. The fourth-order valence-corrected chi connectivity index (χ4v) is 3.77. The number of carbonyl (C=O) groups excluding carboxylic acids is 1. The first kappa shape index (κ1) is 21.2. The first-order valence-electron chi connectivity index (χ1n) is 9.85. The van der Waals surface area contributed by atoms with Gasteiger partial charge in [-0.1, -0.05) is 41.4 Å². The molecule has 0 aliphatic carbocycles. The molecular formula is C24H21Cl2N3O2. The number of benzene rings is 3. The highest BCUT2D eigenvalue weighted by atomic mass is 35.5. The molecule has 3 aromatic carbocycles. The Hall–Kier alpha value is -3.02. The summed E-state index contributed by atoms with van der Waals surface area (Å²) in [7, 11) is 1.60. The van der Waals surface area contributed by atoms with E-state index in [1.165, 1.54) is 0 Å². The summed E-state index contributed by atoms with van der Waals surface area (Å²) in [6.45, 7) is 1.08. The molecule has 1 N–H and O–H groups in total. The summed E-state index contributed by atoms with van der Waals surface area (Å²) < 4.78 is 7.28. The highest BCUT2D eigenvalue weighted by Gasteiger charge is 2.13. The maximum atomic E-state index is 12.4. The van der Waals surface area contributed by atoms with Gasteiger partial charge in [0.25, 0.3) is 5.91 Å². The second kappa shape index (κ2) is 9.41. The van der Waals surface area contributed by atoms with Crippen molar-refractivity contribution in [3.05, 3.63) is 93.7 Å². The third-order valence-electron chi connectivity index (χ3n) is 5.04. The lowest BCUT2D eigenvalue weighted by atomic mass is 10.2. The fraction of sp³-hybridized carbons (Fsp3) is 0.167. The topological polar surface area (TPSA) is 56.1 Å². The zero-order valence-corrected chi connectivity index (χ0v) is 18.5. The molecule has 1 amide bonds. The zero-order chi connectivity index (χ0) is 21.8. The molecule has 5 nitrogen and oxygen atoms in total. The van der Waals surface area contributed by atoms with E-state index in [4.69, 9.17) is 32.9 Å².